The van der Waals surface area contributed by atoms with Gasteiger partial charge in [-0.2, -0.15) is 0 Å². The number of ether oxygens (including phenoxy) is 2. The highest BCUT2D eigenvalue weighted by atomic mass is 32.1. The van der Waals surface area contributed by atoms with Gasteiger partial charge in [0, 0.05) is 10.9 Å². The van der Waals surface area contributed by atoms with Gasteiger partial charge in [-0.1, -0.05) is 42.0 Å². The van der Waals surface area contributed by atoms with E-state index in [1.165, 1.54) is 29.5 Å². The smallest absolute Gasteiger partial charge is 0.341 e. The molecule has 0 radical (unpaired) electrons. The molecule has 29 heavy (non-hydrogen) atoms. The lowest BCUT2D eigenvalue weighted by molar-refractivity contribution is -0.118. The number of rotatable bonds is 7. The maximum atomic E-state index is 13.6. The van der Waals surface area contributed by atoms with Gasteiger partial charge in [-0.25, -0.2) is 9.18 Å². The summed E-state index contributed by atoms with van der Waals surface area (Å²) in [6.07, 6.45) is 0. The van der Waals surface area contributed by atoms with Gasteiger partial charge < -0.3 is 14.8 Å². The van der Waals surface area contributed by atoms with Crippen LogP contribution in [0, 0.1) is 12.7 Å². The third-order valence-electron chi connectivity index (χ3n) is 4.08. The minimum absolute atomic E-state index is 0.0141. The zero-order valence-electron chi connectivity index (χ0n) is 16.0. The van der Waals surface area contributed by atoms with Crippen molar-refractivity contribution in [2.75, 3.05) is 18.5 Å². The number of aryl methyl sites for hydroxylation is 1. The van der Waals surface area contributed by atoms with Crippen LogP contribution in [0.5, 0.6) is 5.75 Å². The van der Waals surface area contributed by atoms with Gasteiger partial charge in [0.15, 0.2) is 18.2 Å². The average Bonchev–Trinajstić information content (AvgIpc) is 3.11. The minimum atomic E-state index is -0.551. The molecular formula is C22H20FNO4S. The molecule has 0 bridgehead atoms. The van der Waals surface area contributed by atoms with E-state index in [4.69, 9.17) is 9.47 Å². The van der Waals surface area contributed by atoms with Crippen LogP contribution in [0.4, 0.5) is 9.39 Å². The number of carbonyl (C=O) groups excluding carboxylic acids is 2. The maximum absolute atomic E-state index is 13.6. The Labute approximate surface area is 172 Å². The first-order valence-corrected chi connectivity index (χ1v) is 9.90. The van der Waals surface area contributed by atoms with Crippen molar-refractivity contribution in [3.63, 3.8) is 0 Å². The zero-order chi connectivity index (χ0) is 20.8. The second kappa shape index (κ2) is 9.34. The number of hydrogen-bond donors (Lipinski definition) is 1. The largest absolute Gasteiger partial charge is 0.481 e. The van der Waals surface area contributed by atoms with Crippen molar-refractivity contribution >= 4 is 28.2 Å². The van der Waals surface area contributed by atoms with Crippen LogP contribution in [0.25, 0.3) is 11.1 Å². The molecule has 1 heterocycles. The summed E-state index contributed by atoms with van der Waals surface area (Å²) in [6.45, 7) is 3.52. The summed E-state index contributed by atoms with van der Waals surface area (Å²) in [6, 6.07) is 13.5. The number of amides is 1. The van der Waals surface area contributed by atoms with E-state index in [2.05, 4.69) is 5.32 Å². The minimum Gasteiger partial charge on any atom is -0.481 e. The van der Waals surface area contributed by atoms with Crippen molar-refractivity contribution in [1.82, 2.24) is 0 Å². The fraction of sp³-hybridized carbons (Fsp3) is 0.182. The van der Waals surface area contributed by atoms with E-state index in [1.54, 1.807) is 18.4 Å². The quantitative estimate of drug-likeness (QED) is 0.550. The van der Waals surface area contributed by atoms with E-state index < -0.39 is 17.7 Å². The molecule has 0 unspecified atom stereocenters. The number of para-hydroxylation sites is 1. The molecule has 0 saturated heterocycles. The molecule has 7 heteroatoms. The van der Waals surface area contributed by atoms with E-state index in [9.17, 15) is 14.0 Å². The topological polar surface area (TPSA) is 64.6 Å². The highest BCUT2D eigenvalue weighted by molar-refractivity contribution is 7.15. The summed E-state index contributed by atoms with van der Waals surface area (Å²) in [5.41, 5.74) is 2.91. The van der Waals surface area contributed by atoms with Crippen LogP contribution in [0.2, 0.25) is 0 Å². The van der Waals surface area contributed by atoms with Crippen LogP contribution >= 0.6 is 11.3 Å². The molecule has 150 valence electrons. The molecule has 0 saturated carbocycles. The summed E-state index contributed by atoms with van der Waals surface area (Å²) in [4.78, 5) is 24.9. The number of anilines is 1. The van der Waals surface area contributed by atoms with Gasteiger partial charge in [0.1, 0.15) is 10.6 Å². The predicted molar refractivity (Wildman–Crippen MR) is 111 cm³/mol. The van der Waals surface area contributed by atoms with Crippen LogP contribution in [-0.4, -0.2) is 25.1 Å². The second-order valence-corrected chi connectivity index (χ2v) is 7.09. The highest BCUT2D eigenvalue weighted by Crippen LogP contribution is 2.36. The Balaban J connectivity index is 1.81. The van der Waals surface area contributed by atoms with Gasteiger partial charge in [-0.3, -0.25) is 4.79 Å². The van der Waals surface area contributed by atoms with Crippen molar-refractivity contribution in [2.45, 2.75) is 13.8 Å². The summed E-state index contributed by atoms with van der Waals surface area (Å²) in [5.74, 6) is -1.59. The molecule has 1 N–H and O–H groups in total. The van der Waals surface area contributed by atoms with Crippen LogP contribution in [0.1, 0.15) is 22.8 Å². The van der Waals surface area contributed by atoms with Crippen LogP contribution in [0.3, 0.4) is 0 Å². The number of benzene rings is 2. The van der Waals surface area contributed by atoms with Crippen molar-refractivity contribution < 1.29 is 23.5 Å². The molecule has 0 atom stereocenters. The van der Waals surface area contributed by atoms with Crippen molar-refractivity contribution in [3.8, 4) is 16.9 Å². The van der Waals surface area contributed by atoms with Crippen LogP contribution < -0.4 is 10.1 Å². The molecule has 0 fully saturated rings. The Bertz CT molecular complexity index is 1010. The number of carbonyl (C=O) groups is 2. The van der Waals surface area contributed by atoms with E-state index in [1.807, 2.05) is 31.2 Å². The van der Waals surface area contributed by atoms with Gasteiger partial charge in [0.05, 0.1) is 6.61 Å². The lowest BCUT2D eigenvalue weighted by Gasteiger charge is -2.10. The Morgan fingerprint density at radius 2 is 1.83 bits per heavy atom. The number of hydrogen-bond acceptors (Lipinski definition) is 5. The molecule has 0 aliphatic heterocycles. The number of esters is 1. The highest BCUT2D eigenvalue weighted by Gasteiger charge is 2.23. The lowest BCUT2D eigenvalue weighted by atomic mass is 10.0. The first-order chi connectivity index (χ1) is 14.0. The van der Waals surface area contributed by atoms with Crippen molar-refractivity contribution in [1.29, 1.82) is 0 Å². The fourth-order valence-electron chi connectivity index (χ4n) is 2.67. The second-order valence-electron chi connectivity index (χ2n) is 6.21. The standard InChI is InChI=1S/C22H20FNO4S/c1-3-27-22(26)20-16(15-10-8-14(2)9-11-15)13-29-21(20)24-19(25)12-28-18-7-5-4-6-17(18)23/h4-11,13H,3,12H2,1-2H3,(H,24,25). The van der Waals surface area contributed by atoms with Crippen LogP contribution in [0.15, 0.2) is 53.9 Å². The van der Waals surface area contributed by atoms with E-state index in [0.717, 1.165) is 11.1 Å². The Hall–Kier alpha value is -3.19. The molecule has 3 rings (SSSR count). The molecule has 1 aromatic heterocycles. The summed E-state index contributed by atoms with van der Waals surface area (Å²) in [7, 11) is 0. The third-order valence-corrected chi connectivity index (χ3v) is 4.98. The van der Waals surface area contributed by atoms with E-state index in [-0.39, 0.29) is 19.0 Å². The van der Waals surface area contributed by atoms with Gasteiger partial charge in [-0.15, -0.1) is 11.3 Å². The molecule has 3 aromatic rings. The monoisotopic (exact) mass is 413 g/mol. The van der Waals surface area contributed by atoms with Gasteiger partial charge in [0.25, 0.3) is 5.91 Å². The summed E-state index contributed by atoms with van der Waals surface area (Å²) < 4.78 is 24.0. The lowest BCUT2D eigenvalue weighted by Crippen LogP contribution is -2.21. The zero-order valence-corrected chi connectivity index (χ0v) is 16.8. The van der Waals surface area contributed by atoms with Gasteiger partial charge in [-0.05, 0) is 31.5 Å². The summed E-state index contributed by atoms with van der Waals surface area (Å²) >= 11 is 1.22. The molecule has 0 aliphatic carbocycles. The maximum Gasteiger partial charge on any atom is 0.341 e. The molecule has 2 aromatic carbocycles. The van der Waals surface area contributed by atoms with E-state index >= 15 is 0 Å². The first-order valence-electron chi connectivity index (χ1n) is 9.02. The first kappa shape index (κ1) is 20.5. The number of thiophene rings is 1. The van der Waals surface area contributed by atoms with Crippen molar-refractivity contribution in [3.05, 3.63) is 70.9 Å². The predicted octanol–water partition coefficient (Wildman–Crippen LogP) is 5.06. The summed E-state index contributed by atoms with van der Waals surface area (Å²) in [5, 5.41) is 4.83. The number of halogens is 1. The molecule has 1 amide bonds. The Morgan fingerprint density at radius 1 is 1.10 bits per heavy atom. The third kappa shape index (κ3) is 5.00. The molecule has 0 aliphatic rings. The fourth-order valence-corrected chi connectivity index (χ4v) is 3.64. The van der Waals surface area contributed by atoms with E-state index in [0.29, 0.717) is 16.1 Å². The normalized spacial score (nSPS) is 10.4. The Morgan fingerprint density at radius 3 is 2.52 bits per heavy atom. The molecule has 0 spiro atoms. The molecular weight excluding hydrogens is 393 g/mol. The average molecular weight is 413 g/mol. The Kier molecular flexibility index (Phi) is 6.61. The molecule has 5 nitrogen and oxygen atoms in total. The SMILES string of the molecule is CCOC(=O)c1c(-c2ccc(C)cc2)csc1NC(=O)COc1ccccc1F. The number of nitrogens with one attached hydrogen (secondary N) is 1. The van der Waals surface area contributed by atoms with Gasteiger partial charge in [0.2, 0.25) is 0 Å². The van der Waals surface area contributed by atoms with Crippen molar-refractivity contribution in [2.24, 2.45) is 0 Å². The van der Waals surface area contributed by atoms with Crippen LogP contribution in [-0.2, 0) is 9.53 Å². The van der Waals surface area contributed by atoms with Gasteiger partial charge >= 0.3 is 5.97 Å².